The maximum Gasteiger partial charge on any atom is 0.0722 e. The first kappa shape index (κ1) is 15.5. The quantitative estimate of drug-likeness (QED) is 0.917. The SMILES string of the molecule is CN1CCCCC1CNCc1cn(C)nc1C(C)(C)C. The molecule has 4 nitrogen and oxygen atoms in total. The van der Waals surface area contributed by atoms with E-state index in [4.69, 9.17) is 0 Å². The van der Waals surface area contributed by atoms with Crippen LogP contribution in [-0.2, 0) is 19.0 Å². The maximum atomic E-state index is 4.63. The van der Waals surface area contributed by atoms with Gasteiger partial charge in [0.1, 0.15) is 0 Å². The molecule has 1 fully saturated rings. The summed E-state index contributed by atoms with van der Waals surface area (Å²) < 4.78 is 1.93. The zero-order valence-corrected chi connectivity index (χ0v) is 13.7. The lowest BCUT2D eigenvalue weighted by Crippen LogP contribution is -2.43. The van der Waals surface area contributed by atoms with E-state index in [-0.39, 0.29) is 5.41 Å². The van der Waals surface area contributed by atoms with E-state index in [9.17, 15) is 0 Å². The van der Waals surface area contributed by atoms with Crippen molar-refractivity contribution in [2.75, 3.05) is 20.1 Å². The Labute approximate surface area is 123 Å². The lowest BCUT2D eigenvalue weighted by Gasteiger charge is -2.32. The fraction of sp³-hybridized carbons (Fsp3) is 0.812. The first-order chi connectivity index (χ1) is 9.38. The Morgan fingerprint density at radius 2 is 2.05 bits per heavy atom. The van der Waals surface area contributed by atoms with Gasteiger partial charge in [0, 0.05) is 43.4 Å². The second-order valence-corrected chi connectivity index (χ2v) is 7.19. The molecule has 114 valence electrons. The predicted octanol–water partition coefficient (Wildman–Crippen LogP) is 2.29. The highest BCUT2D eigenvalue weighted by Crippen LogP contribution is 2.24. The van der Waals surface area contributed by atoms with Crippen LogP contribution in [0.4, 0.5) is 0 Å². The van der Waals surface area contributed by atoms with Crippen molar-refractivity contribution >= 4 is 0 Å². The predicted molar refractivity (Wildman–Crippen MR) is 83.9 cm³/mol. The van der Waals surface area contributed by atoms with Crippen molar-refractivity contribution in [1.29, 1.82) is 0 Å². The van der Waals surface area contributed by atoms with Crippen molar-refractivity contribution in [2.45, 2.75) is 58.0 Å². The van der Waals surface area contributed by atoms with Crippen LogP contribution in [0.3, 0.4) is 0 Å². The Morgan fingerprint density at radius 3 is 2.70 bits per heavy atom. The fourth-order valence-electron chi connectivity index (χ4n) is 3.07. The summed E-state index contributed by atoms with van der Waals surface area (Å²) in [5, 5.41) is 8.26. The number of nitrogens with zero attached hydrogens (tertiary/aromatic N) is 3. The van der Waals surface area contributed by atoms with Crippen LogP contribution in [0.1, 0.15) is 51.3 Å². The second-order valence-electron chi connectivity index (χ2n) is 7.19. The fourth-order valence-corrected chi connectivity index (χ4v) is 3.07. The highest BCUT2D eigenvalue weighted by atomic mass is 15.3. The third-order valence-electron chi connectivity index (χ3n) is 4.23. The largest absolute Gasteiger partial charge is 0.311 e. The van der Waals surface area contributed by atoms with Crippen LogP contribution in [-0.4, -0.2) is 40.9 Å². The number of hydrogen-bond acceptors (Lipinski definition) is 3. The van der Waals surface area contributed by atoms with Crippen LogP contribution in [0, 0.1) is 0 Å². The minimum absolute atomic E-state index is 0.111. The molecule has 0 bridgehead atoms. The van der Waals surface area contributed by atoms with E-state index in [2.05, 4.69) is 49.3 Å². The molecule has 1 aliphatic rings. The zero-order valence-electron chi connectivity index (χ0n) is 13.7. The Hall–Kier alpha value is -0.870. The Morgan fingerprint density at radius 1 is 1.30 bits per heavy atom. The summed E-state index contributed by atoms with van der Waals surface area (Å²) in [6.07, 6.45) is 6.20. The zero-order chi connectivity index (χ0) is 14.8. The minimum atomic E-state index is 0.111. The number of hydrogen-bond donors (Lipinski definition) is 1. The molecule has 1 N–H and O–H groups in total. The molecule has 0 radical (unpaired) electrons. The number of likely N-dealkylation sites (tertiary alicyclic amines) is 1. The smallest absolute Gasteiger partial charge is 0.0722 e. The van der Waals surface area contributed by atoms with Crippen molar-refractivity contribution in [3.05, 3.63) is 17.5 Å². The standard InChI is InChI=1S/C16H30N4/c1-16(2,3)15-13(12-20(5)18-15)10-17-11-14-8-6-7-9-19(14)4/h12,14,17H,6-11H2,1-5H3. The Kier molecular flexibility index (Phi) is 4.86. The molecule has 0 saturated carbocycles. The first-order valence-electron chi connectivity index (χ1n) is 7.82. The van der Waals surface area contributed by atoms with Crippen molar-refractivity contribution in [1.82, 2.24) is 20.0 Å². The van der Waals surface area contributed by atoms with Crippen molar-refractivity contribution in [3.63, 3.8) is 0 Å². The lowest BCUT2D eigenvalue weighted by molar-refractivity contribution is 0.181. The van der Waals surface area contributed by atoms with Gasteiger partial charge in [0.15, 0.2) is 0 Å². The van der Waals surface area contributed by atoms with E-state index in [1.807, 2.05) is 11.7 Å². The molecular weight excluding hydrogens is 248 g/mol. The summed E-state index contributed by atoms with van der Waals surface area (Å²) in [4.78, 5) is 2.49. The molecule has 4 heteroatoms. The summed E-state index contributed by atoms with van der Waals surface area (Å²) in [5.41, 5.74) is 2.66. The van der Waals surface area contributed by atoms with E-state index in [0.717, 1.165) is 13.1 Å². The highest BCUT2D eigenvalue weighted by molar-refractivity contribution is 5.23. The maximum absolute atomic E-state index is 4.63. The van der Waals surface area contributed by atoms with Crippen LogP contribution in [0.25, 0.3) is 0 Å². The van der Waals surface area contributed by atoms with E-state index in [0.29, 0.717) is 6.04 Å². The van der Waals surface area contributed by atoms with E-state index in [1.165, 1.54) is 37.1 Å². The van der Waals surface area contributed by atoms with Crippen LogP contribution in [0.5, 0.6) is 0 Å². The molecule has 0 amide bonds. The molecule has 1 aliphatic heterocycles. The van der Waals surface area contributed by atoms with Crippen LogP contribution < -0.4 is 5.32 Å². The van der Waals surface area contributed by atoms with Gasteiger partial charge in [-0.1, -0.05) is 27.2 Å². The molecule has 1 unspecified atom stereocenters. The van der Waals surface area contributed by atoms with Crippen LogP contribution >= 0.6 is 0 Å². The van der Waals surface area contributed by atoms with E-state index in [1.54, 1.807) is 0 Å². The van der Waals surface area contributed by atoms with Gasteiger partial charge in [0.25, 0.3) is 0 Å². The minimum Gasteiger partial charge on any atom is -0.311 e. The molecular formula is C16H30N4. The molecule has 2 rings (SSSR count). The molecule has 20 heavy (non-hydrogen) atoms. The molecule has 2 heterocycles. The van der Waals surface area contributed by atoms with Gasteiger partial charge in [-0.25, -0.2) is 0 Å². The van der Waals surface area contributed by atoms with Gasteiger partial charge in [-0.2, -0.15) is 5.10 Å². The topological polar surface area (TPSA) is 33.1 Å². The summed E-state index contributed by atoms with van der Waals surface area (Å²) >= 11 is 0. The van der Waals surface area contributed by atoms with Crippen molar-refractivity contribution in [2.24, 2.45) is 7.05 Å². The molecule has 0 aromatic carbocycles. The van der Waals surface area contributed by atoms with Gasteiger partial charge < -0.3 is 10.2 Å². The summed E-state index contributed by atoms with van der Waals surface area (Å²) in [6, 6.07) is 0.693. The number of likely N-dealkylation sites (N-methyl/N-ethyl adjacent to an activating group) is 1. The third kappa shape index (κ3) is 3.83. The number of aromatic nitrogens is 2. The average Bonchev–Trinajstić information content (AvgIpc) is 2.73. The summed E-state index contributed by atoms with van der Waals surface area (Å²) in [7, 11) is 4.25. The third-order valence-corrected chi connectivity index (χ3v) is 4.23. The Bertz CT molecular complexity index is 430. The van der Waals surface area contributed by atoms with Crippen molar-refractivity contribution < 1.29 is 0 Å². The average molecular weight is 278 g/mol. The van der Waals surface area contributed by atoms with Crippen molar-refractivity contribution in [3.8, 4) is 0 Å². The highest BCUT2D eigenvalue weighted by Gasteiger charge is 2.22. The second kappa shape index (κ2) is 6.27. The Balaban J connectivity index is 1.91. The van der Waals surface area contributed by atoms with E-state index < -0.39 is 0 Å². The summed E-state index contributed by atoms with van der Waals surface area (Å²) in [5.74, 6) is 0. The van der Waals surface area contributed by atoms with E-state index >= 15 is 0 Å². The normalized spacial score (nSPS) is 21.4. The lowest BCUT2D eigenvalue weighted by atomic mass is 9.89. The molecule has 0 aliphatic carbocycles. The monoisotopic (exact) mass is 278 g/mol. The van der Waals surface area contributed by atoms with Gasteiger partial charge >= 0.3 is 0 Å². The van der Waals surface area contributed by atoms with Gasteiger partial charge in [-0.15, -0.1) is 0 Å². The molecule has 1 aromatic heterocycles. The van der Waals surface area contributed by atoms with Gasteiger partial charge in [0.2, 0.25) is 0 Å². The van der Waals surface area contributed by atoms with Crippen LogP contribution in [0.2, 0.25) is 0 Å². The van der Waals surface area contributed by atoms with Gasteiger partial charge in [-0.3, -0.25) is 4.68 Å². The van der Waals surface area contributed by atoms with Crippen LogP contribution in [0.15, 0.2) is 6.20 Å². The summed E-state index contributed by atoms with van der Waals surface area (Å²) in [6.45, 7) is 9.93. The number of rotatable bonds is 4. The molecule has 1 saturated heterocycles. The van der Waals surface area contributed by atoms with Gasteiger partial charge in [-0.05, 0) is 26.4 Å². The number of aryl methyl sites for hydroxylation is 1. The molecule has 1 aromatic rings. The number of piperidine rings is 1. The molecule has 1 atom stereocenters. The molecule has 0 spiro atoms. The number of nitrogens with one attached hydrogen (secondary N) is 1. The first-order valence-corrected chi connectivity index (χ1v) is 7.82. The van der Waals surface area contributed by atoms with Gasteiger partial charge in [0.05, 0.1) is 5.69 Å².